The van der Waals surface area contributed by atoms with E-state index in [-0.39, 0.29) is 5.56 Å². The Hall–Kier alpha value is -2.24. The van der Waals surface area contributed by atoms with Crippen molar-refractivity contribution in [2.24, 2.45) is 5.92 Å². The molecule has 3 heterocycles. The number of hydrogen-bond acceptors (Lipinski definition) is 5. The maximum absolute atomic E-state index is 12.0. The fourth-order valence-electron chi connectivity index (χ4n) is 3.21. The lowest BCUT2D eigenvalue weighted by molar-refractivity contribution is 0.332. The largest absolute Gasteiger partial charge is 0.341 e. The zero-order valence-corrected chi connectivity index (χ0v) is 13.1. The lowest BCUT2D eigenvalue weighted by Gasteiger charge is -2.31. The van der Waals surface area contributed by atoms with E-state index in [0.717, 1.165) is 44.1 Å². The first kappa shape index (κ1) is 14.4. The molecule has 2 aromatic heterocycles. The zero-order chi connectivity index (χ0) is 15.6. The van der Waals surface area contributed by atoms with Crippen molar-refractivity contribution in [3.63, 3.8) is 0 Å². The second kappa shape index (κ2) is 6.10. The molecule has 0 unspecified atom stereocenters. The molecule has 2 fully saturated rings. The fourth-order valence-corrected chi connectivity index (χ4v) is 3.21. The molecule has 120 valence electrons. The molecule has 6 nitrogen and oxygen atoms in total. The van der Waals surface area contributed by atoms with Gasteiger partial charge in [-0.1, -0.05) is 0 Å². The minimum Gasteiger partial charge on any atom is -0.341 e. The van der Waals surface area contributed by atoms with Crippen LogP contribution in [0.15, 0.2) is 35.4 Å². The molecule has 0 bridgehead atoms. The Morgan fingerprint density at radius 2 is 1.78 bits per heavy atom. The lowest BCUT2D eigenvalue weighted by Crippen LogP contribution is -2.37. The highest BCUT2D eigenvalue weighted by Crippen LogP contribution is 2.38. The number of piperidine rings is 1. The van der Waals surface area contributed by atoms with Crippen LogP contribution < -0.4 is 10.5 Å². The molecule has 0 amide bonds. The molecule has 4 rings (SSSR count). The summed E-state index contributed by atoms with van der Waals surface area (Å²) in [4.78, 5) is 22.9. The van der Waals surface area contributed by atoms with E-state index in [1.165, 1.54) is 12.8 Å². The van der Waals surface area contributed by atoms with Gasteiger partial charge < -0.3 is 4.90 Å². The van der Waals surface area contributed by atoms with Crippen LogP contribution in [0.1, 0.15) is 37.3 Å². The quantitative estimate of drug-likeness (QED) is 0.862. The van der Waals surface area contributed by atoms with Crippen molar-refractivity contribution in [2.45, 2.75) is 38.1 Å². The summed E-state index contributed by atoms with van der Waals surface area (Å²) < 4.78 is 1.67. The highest BCUT2D eigenvalue weighted by Gasteiger charge is 2.26. The summed E-state index contributed by atoms with van der Waals surface area (Å²) in [6.45, 7) is 2.60. The molecule has 0 radical (unpaired) electrons. The van der Waals surface area contributed by atoms with Gasteiger partial charge in [0.05, 0.1) is 5.69 Å². The predicted molar refractivity (Wildman–Crippen MR) is 87.4 cm³/mol. The van der Waals surface area contributed by atoms with Gasteiger partial charge in [-0.05, 0) is 43.7 Å². The second-order valence-electron chi connectivity index (χ2n) is 6.53. The van der Waals surface area contributed by atoms with Crippen LogP contribution in [0.2, 0.25) is 0 Å². The van der Waals surface area contributed by atoms with Gasteiger partial charge in [-0.15, -0.1) is 0 Å². The summed E-state index contributed by atoms with van der Waals surface area (Å²) >= 11 is 0. The highest BCUT2D eigenvalue weighted by molar-refractivity contribution is 5.28. The van der Waals surface area contributed by atoms with Gasteiger partial charge in [-0.2, -0.15) is 5.10 Å². The zero-order valence-electron chi connectivity index (χ0n) is 13.1. The molecule has 2 aromatic rings. The third kappa shape index (κ3) is 3.25. The van der Waals surface area contributed by atoms with E-state index in [0.29, 0.717) is 11.8 Å². The minimum absolute atomic E-state index is 0.0169. The van der Waals surface area contributed by atoms with E-state index in [2.05, 4.69) is 20.0 Å². The number of nitrogens with zero attached hydrogens (tertiary/aromatic N) is 5. The predicted octanol–water partition coefficient (Wildman–Crippen LogP) is 1.83. The third-order valence-corrected chi connectivity index (χ3v) is 4.76. The Balaban J connectivity index is 1.40. The minimum atomic E-state index is 0.0169. The van der Waals surface area contributed by atoms with Gasteiger partial charge in [0.25, 0.3) is 5.56 Å². The summed E-state index contributed by atoms with van der Waals surface area (Å²) in [6.07, 6.45) is 8.06. The first-order valence-electron chi connectivity index (χ1n) is 8.39. The van der Waals surface area contributed by atoms with Crippen molar-refractivity contribution < 1.29 is 0 Å². The summed E-state index contributed by atoms with van der Waals surface area (Å²) in [6, 6.07) is 5.40. The maximum atomic E-state index is 12.0. The van der Waals surface area contributed by atoms with Gasteiger partial charge in [-0.3, -0.25) is 4.79 Å². The van der Waals surface area contributed by atoms with Crippen molar-refractivity contribution in [3.05, 3.63) is 46.6 Å². The maximum Gasteiger partial charge on any atom is 0.266 e. The van der Waals surface area contributed by atoms with Crippen molar-refractivity contribution in [1.29, 1.82) is 0 Å². The molecule has 1 saturated heterocycles. The van der Waals surface area contributed by atoms with E-state index in [1.807, 2.05) is 12.1 Å². The third-order valence-electron chi connectivity index (χ3n) is 4.76. The Labute approximate surface area is 135 Å². The topological polar surface area (TPSA) is 63.9 Å². The smallest absolute Gasteiger partial charge is 0.266 e. The number of rotatable bonds is 4. The second-order valence-corrected chi connectivity index (χ2v) is 6.53. The van der Waals surface area contributed by atoms with Crippen molar-refractivity contribution in [1.82, 2.24) is 19.7 Å². The molecule has 0 N–H and O–H groups in total. The number of anilines is 1. The first-order chi connectivity index (χ1) is 11.3. The molecule has 23 heavy (non-hydrogen) atoms. The van der Waals surface area contributed by atoms with E-state index in [4.69, 9.17) is 0 Å². The molecule has 0 aromatic carbocycles. The molecule has 2 aliphatic rings. The van der Waals surface area contributed by atoms with E-state index < -0.39 is 0 Å². The van der Waals surface area contributed by atoms with Gasteiger partial charge in [0.2, 0.25) is 5.95 Å². The molecular formula is C17H21N5O. The summed E-state index contributed by atoms with van der Waals surface area (Å²) in [7, 11) is 0. The number of hydrogen-bond donors (Lipinski definition) is 0. The van der Waals surface area contributed by atoms with Crippen LogP contribution in [0, 0.1) is 5.92 Å². The molecule has 0 spiro atoms. The van der Waals surface area contributed by atoms with E-state index in [9.17, 15) is 4.79 Å². The van der Waals surface area contributed by atoms with Gasteiger partial charge in [0.1, 0.15) is 0 Å². The molecule has 0 atom stereocenters. The molecule has 1 saturated carbocycles. The van der Waals surface area contributed by atoms with Crippen LogP contribution in [0.4, 0.5) is 5.95 Å². The Morgan fingerprint density at radius 1 is 1.04 bits per heavy atom. The average molecular weight is 311 g/mol. The van der Waals surface area contributed by atoms with E-state index >= 15 is 0 Å². The highest BCUT2D eigenvalue weighted by atomic mass is 16.1. The SMILES string of the molecule is O=c1ccc(C2CC2)nn1CC1CCN(c2ncccn2)CC1. The number of aromatic nitrogens is 4. The Kier molecular flexibility index (Phi) is 3.81. The van der Waals surface area contributed by atoms with Crippen LogP contribution in [0.5, 0.6) is 0 Å². The van der Waals surface area contributed by atoms with Crippen LogP contribution in [0.3, 0.4) is 0 Å². The lowest BCUT2D eigenvalue weighted by atomic mass is 9.97. The summed E-state index contributed by atoms with van der Waals surface area (Å²) in [5, 5.41) is 4.57. The molecule has 1 aliphatic carbocycles. The standard InChI is InChI=1S/C17H21N5O/c23-16-5-4-15(14-2-3-14)20-22(16)12-13-6-10-21(11-7-13)17-18-8-1-9-19-17/h1,4-5,8-9,13-14H,2-3,6-7,10-12H2. The molecule has 1 aliphatic heterocycles. The normalized spacial score (nSPS) is 19.0. The van der Waals surface area contributed by atoms with E-state index in [1.54, 1.807) is 23.1 Å². The van der Waals surface area contributed by atoms with Gasteiger partial charge in [0, 0.05) is 44.0 Å². The summed E-state index contributed by atoms with van der Waals surface area (Å²) in [5.74, 6) is 1.88. The van der Waals surface area contributed by atoms with Crippen molar-refractivity contribution in [2.75, 3.05) is 18.0 Å². The average Bonchev–Trinajstić information content (AvgIpc) is 3.43. The van der Waals surface area contributed by atoms with Gasteiger partial charge in [-0.25, -0.2) is 14.6 Å². The Bertz CT molecular complexity index is 717. The summed E-state index contributed by atoms with van der Waals surface area (Å²) in [5.41, 5.74) is 1.10. The van der Waals surface area contributed by atoms with Crippen LogP contribution in [0.25, 0.3) is 0 Å². The van der Waals surface area contributed by atoms with Gasteiger partial charge in [0.15, 0.2) is 0 Å². The fraction of sp³-hybridized carbons (Fsp3) is 0.529. The Morgan fingerprint density at radius 3 is 2.48 bits per heavy atom. The first-order valence-corrected chi connectivity index (χ1v) is 8.39. The monoisotopic (exact) mass is 311 g/mol. The van der Waals surface area contributed by atoms with Crippen LogP contribution in [-0.4, -0.2) is 32.8 Å². The van der Waals surface area contributed by atoms with Crippen molar-refractivity contribution >= 4 is 5.95 Å². The van der Waals surface area contributed by atoms with Crippen molar-refractivity contribution in [3.8, 4) is 0 Å². The van der Waals surface area contributed by atoms with Crippen LogP contribution in [-0.2, 0) is 6.54 Å². The van der Waals surface area contributed by atoms with Crippen LogP contribution >= 0.6 is 0 Å². The molecular weight excluding hydrogens is 290 g/mol. The molecule has 6 heteroatoms. The van der Waals surface area contributed by atoms with Gasteiger partial charge >= 0.3 is 0 Å².